The van der Waals surface area contributed by atoms with Crippen molar-refractivity contribution in [3.63, 3.8) is 0 Å². The summed E-state index contributed by atoms with van der Waals surface area (Å²) in [6.45, 7) is 6.46. The number of fused-ring (bicyclic) bond motifs is 1. The Kier molecular flexibility index (Phi) is 5.68. The molecule has 6 nitrogen and oxygen atoms in total. The van der Waals surface area contributed by atoms with Crippen molar-refractivity contribution in [2.24, 2.45) is 11.8 Å². The SMILES string of the molecule is CC(C)CC(NC(=O)c1cc2c(F)cccc2[nH]1)C(=O)N1CC(C)CC1C#N. The van der Waals surface area contributed by atoms with Crippen LogP contribution >= 0.6 is 0 Å². The van der Waals surface area contributed by atoms with E-state index in [1.165, 1.54) is 12.1 Å². The molecule has 1 aromatic heterocycles. The molecule has 28 heavy (non-hydrogen) atoms. The number of halogens is 1. The van der Waals surface area contributed by atoms with Crippen LogP contribution in [0.5, 0.6) is 0 Å². The van der Waals surface area contributed by atoms with E-state index in [0.29, 0.717) is 30.3 Å². The molecular formula is C21H25FN4O2. The Bertz CT molecular complexity index is 930. The van der Waals surface area contributed by atoms with Gasteiger partial charge in [-0.15, -0.1) is 0 Å². The monoisotopic (exact) mass is 384 g/mol. The molecule has 0 spiro atoms. The highest BCUT2D eigenvalue weighted by Crippen LogP contribution is 2.24. The maximum absolute atomic E-state index is 13.9. The lowest BCUT2D eigenvalue weighted by Crippen LogP contribution is -2.50. The van der Waals surface area contributed by atoms with Gasteiger partial charge in [0.25, 0.3) is 5.91 Å². The van der Waals surface area contributed by atoms with Crippen molar-refractivity contribution in [3.05, 3.63) is 35.8 Å². The molecule has 7 heteroatoms. The van der Waals surface area contributed by atoms with E-state index in [1.807, 2.05) is 20.8 Å². The van der Waals surface area contributed by atoms with Crippen LogP contribution in [0.2, 0.25) is 0 Å². The third-order valence-corrected chi connectivity index (χ3v) is 5.11. The average Bonchev–Trinajstić information content (AvgIpc) is 3.24. The summed E-state index contributed by atoms with van der Waals surface area (Å²) in [5.74, 6) is -0.684. The number of likely N-dealkylation sites (tertiary alicyclic amines) is 1. The Morgan fingerprint density at radius 2 is 2.18 bits per heavy atom. The molecule has 1 aliphatic rings. The van der Waals surface area contributed by atoms with Crippen LogP contribution in [0.4, 0.5) is 4.39 Å². The molecule has 2 aromatic rings. The van der Waals surface area contributed by atoms with E-state index in [4.69, 9.17) is 0 Å². The highest BCUT2D eigenvalue weighted by molar-refractivity contribution is 6.00. The van der Waals surface area contributed by atoms with Gasteiger partial charge in [-0.2, -0.15) is 5.26 Å². The van der Waals surface area contributed by atoms with Gasteiger partial charge in [0, 0.05) is 17.4 Å². The molecule has 148 valence electrons. The third kappa shape index (κ3) is 4.01. The first-order valence-corrected chi connectivity index (χ1v) is 9.58. The average molecular weight is 384 g/mol. The van der Waals surface area contributed by atoms with Crippen LogP contribution in [0.25, 0.3) is 10.9 Å². The standard InChI is InChI=1S/C21H25FN4O2/c1-12(2)7-19(21(28)26-11-13(3)8-14(26)10-23)25-20(27)18-9-15-16(22)5-4-6-17(15)24-18/h4-6,9,12-14,19,24H,7-8,11H2,1-3H3,(H,25,27). The molecule has 3 rings (SSSR count). The molecule has 0 radical (unpaired) electrons. The van der Waals surface area contributed by atoms with Crippen LogP contribution in [-0.2, 0) is 4.79 Å². The first kappa shape index (κ1) is 19.9. The van der Waals surface area contributed by atoms with Crippen molar-refractivity contribution < 1.29 is 14.0 Å². The van der Waals surface area contributed by atoms with Gasteiger partial charge < -0.3 is 15.2 Å². The number of nitrogens with one attached hydrogen (secondary N) is 2. The van der Waals surface area contributed by atoms with Crippen molar-refractivity contribution in [3.8, 4) is 6.07 Å². The van der Waals surface area contributed by atoms with E-state index < -0.39 is 23.8 Å². The fraction of sp³-hybridized carbons (Fsp3) is 0.476. The van der Waals surface area contributed by atoms with Crippen LogP contribution in [0, 0.1) is 29.0 Å². The lowest BCUT2D eigenvalue weighted by Gasteiger charge is -2.27. The van der Waals surface area contributed by atoms with Gasteiger partial charge in [0.1, 0.15) is 23.6 Å². The van der Waals surface area contributed by atoms with Crippen LogP contribution in [-0.4, -0.2) is 40.3 Å². The molecule has 1 fully saturated rings. The Balaban J connectivity index is 1.81. The summed E-state index contributed by atoms with van der Waals surface area (Å²) < 4.78 is 13.9. The molecule has 3 atom stereocenters. The van der Waals surface area contributed by atoms with Gasteiger partial charge in [-0.3, -0.25) is 9.59 Å². The number of nitrogens with zero attached hydrogens (tertiary/aromatic N) is 2. The molecule has 0 bridgehead atoms. The molecule has 3 unspecified atom stereocenters. The molecule has 2 N–H and O–H groups in total. The van der Waals surface area contributed by atoms with Crippen molar-refractivity contribution in [1.29, 1.82) is 5.26 Å². The Morgan fingerprint density at radius 1 is 1.43 bits per heavy atom. The van der Waals surface area contributed by atoms with Crippen molar-refractivity contribution in [1.82, 2.24) is 15.2 Å². The van der Waals surface area contributed by atoms with Crippen LogP contribution in [0.3, 0.4) is 0 Å². The molecular weight excluding hydrogens is 359 g/mol. The van der Waals surface area contributed by atoms with Gasteiger partial charge in [0.05, 0.1) is 6.07 Å². The lowest BCUT2D eigenvalue weighted by molar-refractivity contribution is -0.133. The summed E-state index contributed by atoms with van der Waals surface area (Å²) in [5.41, 5.74) is 0.725. The van der Waals surface area contributed by atoms with Crippen LogP contribution in [0.15, 0.2) is 24.3 Å². The molecule has 2 amide bonds. The number of hydrogen-bond donors (Lipinski definition) is 2. The highest BCUT2D eigenvalue weighted by atomic mass is 19.1. The van der Waals surface area contributed by atoms with Gasteiger partial charge in [0.2, 0.25) is 5.91 Å². The smallest absolute Gasteiger partial charge is 0.268 e. The Labute approximate surface area is 163 Å². The second-order valence-corrected chi connectivity index (χ2v) is 8.02. The molecule has 0 saturated carbocycles. The van der Waals surface area contributed by atoms with Gasteiger partial charge >= 0.3 is 0 Å². The molecule has 0 aliphatic carbocycles. The molecule has 1 aliphatic heterocycles. The van der Waals surface area contributed by atoms with E-state index in [9.17, 15) is 19.2 Å². The summed E-state index contributed by atoms with van der Waals surface area (Å²) in [6, 6.07) is 7.03. The summed E-state index contributed by atoms with van der Waals surface area (Å²) in [6.07, 6.45) is 1.11. The summed E-state index contributed by atoms with van der Waals surface area (Å²) in [4.78, 5) is 30.3. The molecule has 1 aromatic carbocycles. The minimum atomic E-state index is -0.732. The first-order valence-electron chi connectivity index (χ1n) is 9.58. The van der Waals surface area contributed by atoms with Gasteiger partial charge in [-0.05, 0) is 42.9 Å². The number of carbonyl (C=O) groups is 2. The first-order chi connectivity index (χ1) is 13.3. The number of benzene rings is 1. The predicted molar refractivity (Wildman–Crippen MR) is 104 cm³/mol. The minimum absolute atomic E-state index is 0.176. The topological polar surface area (TPSA) is 89.0 Å². The predicted octanol–water partition coefficient (Wildman–Crippen LogP) is 3.21. The molecule has 1 saturated heterocycles. The minimum Gasteiger partial charge on any atom is -0.350 e. The van der Waals surface area contributed by atoms with E-state index in [1.54, 1.807) is 17.0 Å². The fourth-order valence-corrected chi connectivity index (χ4v) is 3.78. The van der Waals surface area contributed by atoms with Gasteiger partial charge in [0.15, 0.2) is 0 Å². The van der Waals surface area contributed by atoms with E-state index in [0.717, 1.165) is 0 Å². The van der Waals surface area contributed by atoms with Crippen molar-refractivity contribution >= 4 is 22.7 Å². The third-order valence-electron chi connectivity index (χ3n) is 5.11. The van der Waals surface area contributed by atoms with Crippen molar-refractivity contribution in [2.75, 3.05) is 6.54 Å². The number of nitriles is 1. The fourth-order valence-electron chi connectivity index (χ4n) is 3.78. The quantitative estimate of drug-likeness (QED) is 0.830. The summed E-state index contributed by atoms with van der Waals surface area (Å²) >= 11 is 0. The van der Waals surface area contributed by atoms with Crippen LogP contribution in [0.1, 0.15) is 44.1 Å². The zero-order valence-corrected chi connectivity index (χ0v) is 16.3. The van der Waals surface area contributed by atoms with Gasteiger partial charge in [-0.25, -0.2) is 4.39 Å². The van der Waals surface area contributed by atoms with Gasteiger partial charge in [-0.1, -0.05) is 26.8 Å². The van der Waals surface area contributed by atoms with Crippen molar-refractivity contribution in [2.45, 2.75) is 45.7 Å². The summed E-state index contributed by atoms with van der Waals surface area (Å²) in [5, 5.41) is 12.5. The maximum Gasteiger partial charge on any atom is 0.268 e. The van der Waals surface area contributed by atoms with E-state index in [2.05, 4.69) is 16.4 Å². The zero-order chi connectivity index (χ0) is 20.4. The largest absolute Gasteiger partial charge is 0.350 e. The van der Waals surface area contributed by atoms with E-state index in [-0.39, 0.29) is 23.4 Å². The number of hydrogen-bond acceptors (Lipinski definition) is 3. The Morgan fingerprint density at radius 3 is 2.82 bits per heavy atom. The maximum atomic E-state index is 13.9. The van der Waals surface area contributed by atoms with Crippen LogP contribution < -0.4 is 5.32 Å². The normalized spacial score (nSPS) is 20.4. The Hall–Kier alpha value is -2.88. The number of aromatic amines is 1. The number of rotatable bonds is 5. The lowest BCUT2D eigenvalue weighted by atomic mass is 10.0. The zero-order valence-electron chi connectivity index (χ0n) is 16.3. The second kappa shape index (κ2) is 8.01. The number of H-pyrrole nitrogens is 1. The number of carbonyl (C=O) groups excluding carboxylic acids is 2. The summed E-state index contributed by atoms with van der Waals surface area (Å²) in [7, 11) is 0. The number of amides is 2. The second-order valence-electron chi connectivity index (χ2n) is 8.02. The number of aromatic nitrogens is 1. The highest BCUT2D eigenvalue weighted by Gasteiger charge is 2.37. The van der Waals surface area contributed by atoms with E-state index >= 15 is 0 Å². The molecule has 2 heterocycles.